The molecule has 2 aromatic carbocycles. The lowest BCUT2D eigenvalue weighted by Crippen LogP contribution is -2.31. The van der Waals surface area contributed by atoms with Gasteiger partial charge in [-0.05, 0) is 67.2 Å². The molecule has 2 aromatic rings. The van der Waals surface area contributed by atoms with Crippen LogP contribution in [0.5, 0.6) is 5.75 Å². The Morgan fingerprint density at radius 3 is 2.29 bits per heavy atom. The first-order chi connectivity index (χ1) is 16.1. The van der Waals surface area contributed by atoms with Crippen LogP contribution in [0.3, 0.4) is 0 Å². The molecule has 1 aliphatic carbocycles. The third-order valence-corrected chi connectivity index (χ3v) is 5.82. The number of hydrogen-bond donors (Lipinski definition) is 2. The number of halogens is 3. The lowest BCUT2D eigenvalue weighted by Gasteiger charge is -2.28. The summed E-state index contributed by atoms with van der Waals surface area (Å²) in [6, 6.07) is 11.6. The van der Waals surface area contributed by atoms with Crippen LogP contribution in [0.4, 0.5) is 24.5 Å². The van der Waals surface area contributed by atoms with Crippen LogP contribution < -0.4 is 16.2 Å². The number of nitrogen functional groups attached to an aromatic ring is 2. The number of esters is 2. The van der Waals surface area contributed by atoms with Gasteiger partial charge in [-0.15, -0.1) is 0 Å². The van der Waals surface area contributed by atoms with Gasteiger partial charge in [-0.25, -0.2) is 4.79 Å². The average Bonchev–Trinajstić information content (AvgIpc) is 2.79. The van der Waals surface area contributed by atoms with Gasteiger partial charge in [-0.1, -0.05) is 18.2 Å². The van der Waals surface area contributed by atoms with E-state index in [4.69, 9.17) is 20.9 Å². The number of carbonyl (C=O) groups is 2. The van der Waals surface area contributed by atoms with Gasteiger partial charge in [-0.2, -0.15) is 13.2 Å². The van der Waals surface area contributed by atoms with Crippen molar-refractivity contribution in [2.45, 2.75) is 38.3 Å². The standard InChI is InChI=1S/C25H27F3N2O4/c26-25(27,28)19-7-4-18(5-8-19)24(32)34-21-10-1-16(2-11-21)3-12-23(31)33-14-13-17-6-9-20(29)15-22(17)30/h1-3,6,9-12,15,18-19H,4-5,7-8,13-14,29-30H2/b12-3+. The van der Waals surface area contributed by atoms with Crippen LogP contribution in [0.1, 0.15) is 36.8 Å². The van der Waals surface area contributed by atoms with Crippen LogP contribution in [-0.2, 0) is 20.7 Å². The average molecular weight is 476 g/mol. The fraction of sp³-hybridized carbons (Fsp3) is 0.360. The predicted molar refractivity (Wildman–Crippen MR) is 123 cm³/mol. The molecule has 0 atom stereocenters. The first kappa shape index (κ1) is 25.1. The Morgan fingerprint density at radius 1 is 1.00 bits per heavy atom. The molecular weight excluding hydrogens is 449 g/mol. The lowest BCUT2D eigenvalue weighted by molar-refractivity contribution is -0.185. The molecule has 9 heteroatoms. The minimum absolute atomic E-state index is 0.0591. The molecule has 1 fully saturated rings. The Bertz CT molecular complexity index is 1030. The van der Waals surface area contributed by atoms with E-state index >= 15 is 0 Å². The van der Waals surface area contributed by atoms with Crippen molar-refractivity contribution in [3.63, 3.8) is 0 Å². The summed E-state index contributed by atoms with van der Waals surface area (Å²) < 4.78 is 48.8. The van der Waals surface area contributed by atoms with Gasteiger partial charge in [-0.3, -0.25) is 4.79 Å². The summed E-state index contributed by atoms with van der Waals surface area (Å²) in [5, 5.41) is 0. The zero-order valence-corrected chi connectivity index (χ0v) is 18.5. The third-order valence-electron chi connectivity index (χ3n) is 5.82. The Kier molecular flexibility index (Phi) is 8.20. The molecule has 34 heavy (non-hydrogen) atoms. The second-order valence-corrected chi connectivity index (χ2v) is 8.29. The molecule has 4 N–H and O–H groups in total. The topological polar surface area (TPSA) is 105 Å². The monoisotopic (exact) mass is 476 g/mol. The summed E-state index contributed by atoms with van der Waals surface area (Å²) in [6.45, 7) is 0.164. The maximum Gasteiger partial charge on any atom is 0.391 e. The van der Waals surface area contributed by atoms with E-state index in [0.29, 0.717) is 29.1 Å². The number of carbonyl (C=O) groups excluding carboxylic acids is 2. The number of hydrogen-bond acceptors (Lipinski definition) is 6. The molecule has 0 amide bonds. The molecule has 0 radical (unpaired) electrons. The lowest BCUT2D eigenvalue weighted by atomic mass is 9.82. The van der Waals surface area contributed by atoms with Gasteiger partial charge in [0.1, 0.15) is 5.75 Å². The Morgan fingerprint density at radius 2 is 1.68 bits per heavy atom. The van der Waals surface area contributed by atoms with E-state index in [1.54, 1.807) is 48.5 Å². The van der Waals surface area contributed by atoms with Crippen LogP contribution in [0, 0.1) is 11.8 Å². The van der Waals surface area contributed by atoms with Gasteiger partial charge < -0.3 is 20.9 Å². The minimum Gasteiger partial charge on any atom is -0.462 e. The van der Waals surface area contributed by atoms with Gasteiger partial charge in [0.05, 0.1) is 18.4 Å². The fourth-order valence-electron chi connectivity index (χ4n) is 3.82. The summed E-state index contributed by atoms with van der Waals surface area (Å²) in [5.41, 5.74) is 14.2. The molecule has 1 saturated carbocycles. The molecule has 1 aliphatic rings. The van der Waals surface area contributed by atoms with E-state index in [2.05, 4.69) is 0 Å². The van der Waals surface area contributed by atoms with Crippen molar-refractivity contribution in [1.29, 1.82) is 0 Å². The van der Waals surface area contributed by atoms with Gasteiger partial charge >= 0.3 is 18.1 Å². The minimum atomic E-state index is -4.21. The highest BCUT2D eigenvalue weighted by Crippen LogP contribution is 2.39. The van der Waals surface area contributed by atoms with Crippen molar-refractivity contribution in [2.75, 3.05) is 18.1 Å². The fourth-order valence-corrected chi connectivity index (χ4v) is 3.82. The first-order valence-corrected chi connectivity index (χ1v) is 11.0. The quantitative estimate of drug-likeness (QED) is 0.254. The van der Waals surface area contributed by atoms with Gasteiger partial charge in [0.15, 0.2) is 0 Å². The highest BCUT2D eigenvalue weighted by atomic mass is 19.4. The van der Waals surface area contributed by atoms with Crippen LogP contribution in [0.2, 0.25) is 0 Å². The second-order valence-electron chi connectivity index (χ2n) is 8.29. The Labute approximate surface area is 195 Å². The number of ether oxygens (including phenoxy) is 2. The van der Waals surface area contributed by atoms with E-state index in [1.165, 1.54) is 6.08 Å². The van der Waals surface area contributed by atoms with E-state index in [0.717, 1.165) is 5.56 Å². The summed E-state index contributed by atoms with van der Waals surface area (Å²) >= 11 is 0. The van der Waals surface area contributed by atoms with E-state index in [1.807, 2.05) is 0 Å². The van der Waals surface area contributed by atoms with E-state index < -0.39 is 30.0 Å². The summed E-state index contributed by atoms with van der Waals surface area (Å²) in [4.78, 5) is 24.2. The van der Waals surface area contributed by atoms with E-state index in [9.17, 15) is 22.8 Å². The summed E-state index contributed by atoms with van der Waals surface area (Å²) in [5.74, 6) is -2.61. The maximum absolute atomic E-state index is 12.8. The normalized spacial score (nSPS) is 18.6. The molecule has 0 heterocycles. The van der Waals surface area contributed by atoms with Gasteiger partial charge in [0.25, 0.3) is 0 Å². The van der Waals surface area contributed by atoms with Crippen LogP contribution in [-0.4, -0.2) is 24.7 Å². The van der Waals surface area contributed by atoms with Crippen molar-refractivity contribution in [1.82, 2.24) is 0 Å². The predicted octanol–water partition coefficient (Wildman–Crippen LogP) is 4.92. The molecule has 0 aliphatic heterocycles. The molecule has 0 bridgehead atoms. The highest BCUT2D eigenvalue weighted by molar-refractivity contribution is 5.87. The molecular formula is C25H27F3N2O4. The number of rotatable bonds is 7. The first-order valence-electron chi connectivity index (χ1n) is 11.0. The molecule has 0 unspecified atom stereocenters. The van der Waals surface area contributed by atoms with Crippen molar-refractivity contribution in [2.24, 2.45) is 11.8 Å². The third kappa shape index (κ3) is 7.26. The summed E-state index contributed by atoms with van der Waals surface area (Å²) in [7, 11) is 0. The van der Waals surface area contributed by atoms with Crippen molar-refractivity contribution in [3.8, 4) is 5.75 Å². The number of alkyl halides is 3. The highest BCUT2D eigenvalue weighted by Gasteiger charge is 2.42. The molecule has 6 nitrogen and oxygen atoms in total. The largest absolute Gasteiger partial charge is 0.462 e. The van der Waals surface area contributed by atoms with Crippen molar-refractivity contribution in [3.05, 3.63) is 59.7 Å². The molecule has 182 valence electrons. The molecule has 3 rings (SSSR count). The van der Waals surface area contributed by atoms with Gasteiger partial charge in [0.2, 0.25) is 0 Å². The van der Waals surface area contributed by atoms with Crippen LogP contribution >= 0.6 is 0 Å². The Hall–Kier alpha value is -3.49. The zero-order chi connectivity index (χ0) is 24.7. The Balaban J connectivity index is 1.42. The number of anilines is 2. The van der Waals surface area contributed by atoms with Gasteiger partial charge in [0, 0.05) is 23.9 Å². The summed E-state index contributed by atoms with van der Waals surface area (Å²) in [6.07, 6.45) is -0.698. The van der Waals surface area contributed by atoms with Crippen LogP contribution in [0.25, 0.3) is 6.08 Å². The molecule has 0 spiro atoms. The number of nitrogens with two attached hydrogens (primary N) is 2. The smallest absolute Gasteiger partial charge is 0.391 e. The number of benzene rings is 2. The van der Waals surface area contributed by atoms with Crippen LogP contribution in [0.15, 0.2) is 48.5 Å². The second kappa shape index (κ2) is 11.1. The maximum atomic E-state index is 12.8. The van der Waals surface area contributed by atoms with Crippen molar-refractivity contribution >= 4 is 29.4 Å². The van der Waals surface area contributed by atoms with E-state index in [-0.39, 0.29) is 32.3 Å². The molecule has 0 aromatic heterocycles. The zero-order valence-electron chi connectivity index (χ0n) is 18.5. The molecule has 0 saturated heterocycles. The van der Waals surface area contributed by atoms with Crippen molar-refractivity contribution < 1.29 is 32.2 Å². The SMILES string of the molecule is Nc1ccc(CCOC(=O)/C=C/c2ccc(OC(=O)C3CCC(C(F)(F)F)CC3)cc2)c(N)c1.